The Balaban J connectivity index is 1.70. The number of carbonyl (C=O) groups excluding carboxylic acids is 2. The average Bonchev–Trinajstić information content (AvgIpc) is 2.92. The Hall–Kier alpha value is -3.02. The molecule has 0 spiro atoms. The molecule has 0 fully saturated rings. The van der Waals surface area contributed by atoms with Gasteiger partial charge in [0.15, 0.2) is 0 Å². The van der Waals surface area contributed by atoms with Gasteiger partial charge in [-0.3, -0.25) is 9.59 Å². The number of ether oxygens (including phenoxy) is 1. The van der Waals surface area contributed by atoms with Crippen molar-refractivity contribution in [1.29, 1.82) is 0 Å². The molecule has 1 aliphatic rings. The first-order valence-corrected chi connectivity index (χ1v) is 13.5. The van der Waals surface area contributed by atoms with Crippen LogP contribution in [0.15, 0.2) is 72.8 Å². The summed E-state index contributed by atoms with van der Waals surface area (Å²) >= 11 is 12.4. The zero-order valence-corrected chi connectivity index (χ0v) is 22.5. The Bertz CT molecular complexity index is 1220. The van der Waals surface area contributed by atoms with Crippen LogP contribution in [0, 0.1) is 0 Å². The van der Waals surface area contributed by atoms with Crippen molar-refractivity contribution in [3.05, 3.63) is 99.5 Å². The normalized spacial score (nSPS) is 17.5. The predicted octanol–water partition coefficient (Wildman–Crippen LogP) is 6.77. The van der Waals surface area contributed by atoms with Crippen LogP contribution in [0.5, 0.6) is 5.75 Å². The summed E-state index contributed by atoms with van der Waals surface area (Å²) in [6, 6.07) is 22.1. The number of para-hydroxylation sites is 1. The van der Waals surface area contributed by atoms with Crippen molar-refractivity contribution in [1.82, 2.24) is 9.80 Å². The van der Waals surface area contributed by atoms with E-state index in [1.165, 1.54) is 0 Å². The van der Waals surface area contributed by atoms with E-state index in [1.54, 1.807) is 29.2 Å². The highest BCUT2D eigenvalue weighted by atomic mass is 35.5. The molecule has 5 nitrogen and oxygen atoms in total. The minimum atomic E-state index is -0.256. The van der Waals surface area contributed by atoms with Crippen molar-refractivity contribution in [2.75, 3.05) is 26.7 Å². The number of fused-ring (bicyclic) bond motifs is 1. The SMILES string of the molecule is CN1CCCCCCN(C(=O)c2ccc(Cl)c(Cl)c2)[C@H](Cc2ccccc2)COc2ccccc2C1=O. The molecule has 0 bridgehead atoms. The third kappa shape index (κ3) is 7.06. The average molecular weight is 540 g/mol. The molecule has 1 aliphatic heterocycles. The molecule has 2 amide bonds. The molecule has 0 N–H and O–H groups in total. The van der Waals surface area contributed by atoms with Crippen LogP contribution in [0.3, 0.4) is 0 Å². The van der Waals surface area contributed by atoms with Gasteiger partial charge in [0, 0.05) is 25.7 Å². The summed E-state index contributed by atoms with van der Waals surface area (Å²) in [5.41, 5.74) is 2.13. The molecule has 0 radical (unpaired) electrons. The molecule has 4 rings (SSSR count). The van der Waals surface area contributed by atoms with Gasteiger partial charge >= 0.3 is 0 Å². The molecule has 3 aromatic carbocycles. The van der Waals surface area contributed by atoms with Crippen molar-refractivity contribution in [2.24, 2.45) is 0 Å². The molecule has 3 aromatic rings. The Morgan fingerprint density at radius 1 is 0.892 bits per heavy atom. The molecular formula is C30H32Cl2N2O3. The van der Waals surface area contributed by atoms with Gasteiger partial charge in [-0.2, -0.15) is 0 Å². The van der Waals surface area contributed by atoms with E-state index in [0.29, 0.717) is 46.4 Å². The minimum absolute atomic E-state index is 0.0593. The van der Waals surface area contributed by atoms with Gasteiger partial charge in [-0.15, -0.1) is 0 Å². The molecule has 1 heterocycles. The highest BCUT2D eigenvalue weighted by molar-refractivity contribution is 6.42. The Labute approximate surface area is 228 Å². The Morgan fingerprint density at radius 3 is 2.35 bits per heavy atom. The smallest absolute Gasteiger partial charge is 0.257 e. The van der Waals surface area contributed by atoms with E-state index in [9.17, 15) is 9.59 Å². The van der Waals surface area contributed by atoms with Gasteiger partial charge in [0.05, 0.1) is 21.7 Å². The van der Waals surface area contributed by atoms with Gasteiger partial charge in [-0.1, -0.05) is 78.5 Å². The van der Waals surface area contributed by atoms with Crippen molar-refractivity contribution in [2.45, 2.75) is 38.1 Å². The predicted molar refractivity (Wildman–Crippen MR) is 149 cm³/mol. The number of benzene rings is 3. The monoisotopic (exact) mass is 538 g/mol. The fourth-order valence-electron chi connectivity index (χ4n) is 4.64. The summed E-state index contributed by atoms with van der Waals surface area (Å²) < 4.78 is 6.31. The molecule has 0 saturated heterocycles. The fourth-order valence-corrected chi connectivity index (χ4v) is 4.94. The molecule has 37 heavy (non-hydrogen) atoms. The number of halogens is 2. The number of hydrogen-bond acceptors (Lipinski definition) is 3. The summed E-state index contributed by atoms with van der Waals surface area (Å²) in [6.07, 6.45) is 4.31. The standard InChI is InChI=1S/C30H32Cl2N2O3/c1-33-17-9-2-3-10-18-34(29(35)23-15-16-26(31)27(32)20-23)24(19-22-11-5-4-6-12-22)21-37-28-14-8-7-13-25(28)30(33)36/h4-8,11-16,20,24H,2-3,9-10,17-19,21H2,1H3/t24-/m1/s1. The maximum absolute atomic E-state index is 13.9. The van der Waals surface area contributed by atoms with Crippen molar-refractivity contribution in [3.8, 4) is 5.75 Å². The van der Waals surface area contributed by atoms with E-state index in [4.69, 9.17) is 27.9 Å². The largest absolute Gasteiger partial charge is 0.491 e. The van der Waals surface area contributed by atoms with Crippen LogP contribution in [0.25, 0.3) is 0 Å². The number of nitrogens with zero attached hydrogens (tertiary/aromatic N) is 2. The molecule has 0 saturated carbocycles. The van der Waals surface area contributed by atoms with Crippen LogP contribution in [0.2, 0.25) is 10.0 Å². The van der Waals surface area contributed by atoms with Gasteiger partial charge in [-0.05, 0) is 55.2 Å². The van der Waals surface area contributed by atoms with Gasteiger partial charge in [0.2, 0.25) is 0 Å². The summed E-state index contributed by atoms with van der Waals surface area (Å²) in [6.45, 7) is 1.52. The van der Waals surface area contributed by atoms with Crippen LogP contribution >= 0.6 is 23.2 Å². The van der Waals surface area contributed by atoms with E-state index in [0.717, 1.165) is 31.2 Å². The maximum atomic E-state index is 13.9. The number of hydrogen-bond donors (Lipinski definition) is 0. The number of carbonyl (C=O) groups is 2. The molecule has 0 aromatic heterocycles. The van der Waals surface area contributed by atoms with Crippen LogP contribution in [0.1, 0.15) is 52.0 Å². The second kappa shape index (κ2) is 13.0. The van der Waals surface area contributed by atoms with Gasteiger partial charge in [0.25, 0.3) is 11.8 Å². The van der Waals surface area contributed by atoms with Gasteiger partial charge in [-0.25, -0.2) is 0 Å². The lowest BCUT2D eigenvalue weighted by molar-refractivity contribution is 0.0599. The zero-order chi connectivity index (χ0) is 26.2. The van der Waals surface area contributed by atoms with Gasteiger partial charge < -0.3 is 14.5 Å². The Kier molecular flexibility index (Phi) is 9.48. The van der Waals surface area contributed by atoms with E-state index in [-0.39, 0.29) is 24.5 Å². The maximum Gasteiger partial charge on any atom is 0.257 e. The second-order valence-corrected chi connectivity index (χ2v) is 10.2. The minimum Gasteiger partial charge on any atom is -0.491 e. The molecule has 0 aliphatic carbocycles. The molecule has 7 heteroatoms. The lowest BCUT2D eigenvalue weighted by Crippen LogP contribution is -2.45. The third-order valence-corrected chi connectivity index (χ3v) is 7.46. The molecule has 194 valence electrons. The zero-order valence-electron chi connectivity index (χ0n) is 21.0. The van der Waals surface area contributed by atoms with Crippen molar-refractivity contribution >= 4 is 35.0 Å². The highest BCUT2D eigenvalue weighted by Crippen LogP contribution is 2.26. The third-order valence-electron chi connectivity index (χ3n) is 6.72. The first kappa shape index (κ1) is 27.0. The van der Waals surface area contributed by atoms with Crippen LogP contribution in [-0.4, -0.2) is 54.4 Å². The van der Waals surface area contributed by atoms with E-state index < -0.39 is 0 Å². The van der Waals surface area contributed by atoms with Crippen LogP contribution in [-0.2, 0) is 6.42 Å². The van der Waals surface area contributed by atoms with Crippen LogP contribution in [0.4, 0.5) is 0 Å². The topological polar surface area (TPSA) is 49.9 Å². The Morgan fingerprint density at radius 2 is 1.59 bits per heavy atom. The summed E-state index contributed by atoms with van der Waals surface area (Å²) in [7, 11) is 1.83. The van der Waals surface area contributed by atoms with E-state index in [1.807, 2.05) is 48.3 Å². The molecule has 0 unspecified atom stereocenters. The van der Waals surface area contributed by atoms with E-state index in [2.05, 4.69) is 12.1 Å². The first-order chi connectivity index (χ1) is 17.9. The first-order valence-electron chi connectivity index (χ1n) is 12.7. The molecular weight excluding hydrogens is 507 g/mol. The summed E-state index contributed by atoms with van der Waals surface area (Å²) in [4.78, 5) is 30.7. The fraction of sp³-hybridized carbons (Fsp3) is 0.333. The number of amides is 2. The van der Waals surface area contributed by atoms with E-state index >= 15 is 0 Å². The van der Waals surface area contributed by atoms with Crippen molar-refractivity contribution in [3.63, 3.8) is 0 Å². The summed E-state index contributed by atoms with van der Waals surface area (Å²) in [5.74, 6) is 0.353. The molecule has 1 atom stereocenters. The lowest BCUT2D eigenvalue weighted by Gasteiger charge is -2.33. The quantitative estimate of drug-likeness (QED) is 0.369. The van der Waals surface area contributed by atoms with Gasteiger partial charge in [0.1, 0.15) is 12.4 Å². The van der Waals surface area contributed by atoms with Crippen LogP contribution < -0.4 is 4.74 Å². The van der Waals surface area contributed by atoms with Crippen molar-refractivity contribution < 1.29 is 14.3 Å². The summed E-state index contributed by atoms with van der Waals surface area (Å²) in [5, 5.41) is 0.761. The lowest BCUT2D eigenvalue weighted by atomic mass is 10.0. The second-order valence-electron chi connectivity index (χ2n) is 9.42. The highest BCUT2D eigenvalue weighted by Gasteiger charge is 2.27. The number of rotatable bonds is 3.